The summed E-state index contributed by atoms with van der Waals surface area (Å²) in [5.74, 6) is -0.0255. The van der Waals surface area contributed by atoms with Crippen LogP contribution in [0.3, 0.4) is 0 Å². The lowest BCUT2D eigenvalue weighted by atomic mass is 10.1. The van der Waals surface area contributed by atoms with E-state index in [2.05, 4.69) is 10.3 Å². The molecule has 0 radical (unpaired) electrons. The number of carbonyl (C=O) groups excluding carboxylic acids is 1. The first-order valence-electron chi connectivity index (χ1n) is 7.07. The summed E-state index contributed by atoms with van der Waals surface area (Å²) in [6.07, 6.45) is 3.16. The number of aryl methyl sites for hydroxylation is 1. The first kappa shape index (κ1) is 14.4. The fourth-order valence-corrected chi connectivity index (χ4v) is 2.29. The molecule has 1 atom stereocenters. The van der Waals surface area contributed by atoms with Crippen LogP contribution in [0.25, 0.3) is 11.7 Å². The number of carboxylic acids is 1. The van der Waals surface area contributed by atoms with Crippen molar-refractivity contribution in [2.75, 3.05) is 0 Å². The number of aliphatic carboxylic acids is 1. The zero-order chi connectivity index (χ0) is 15.7. The average Bonchev–Trinajstić information content (AvgIpc) is 3.02. The van der Waals surface area contributed by atoms with Crippen molar-refractivity contribution in [1.29, 1.82) is 0 Å². The number of furan rings is 1. The molecule has 2 aromatic rings. The van der Waals surface area contributed by atoms with E-state index in [-0.39, 0.29) is 18.2 Å². The SMILES string of the molecule is Cc1oc(-c2ccco2)nc1CC(=O)NC(C(=O)O)C1CC1. The Morgan fingerprint density at radius 3 is 2.86 bits per heavy atom. The Kier molecular flexibility index (Phi) is 3.70. The zero-order valence-electron chi connectivity index (χ0n) is 12.0. The van der Waals surface area contributed by atoms with Crippen LogP contribution in [0, 0.1) is 12.8 Å². The van der Waals surface area contributed by atoms with Gasteiger partial charge in [0.1, 0.15) is 11.8 Å². The number of oxazole rings is 1. The molecule has 1 fully saturated rings. The van der Waals surface area contributed by atoms with Crippen LogP contribution in [-0.4, -0.2) is 28.0 Å². The summed E-state index contributed by atoms with van der Waals surface area (Å²) in [4.78, 5) is 27.4. The predicted octanol–water partition coefficient (Wildman–Crippen LogP) is 1.76. The van der Waals surface area contributed by atoms with E-state index >= 15 is 0 Å². The van der Waals surface area contributed by atoms with Crippen molar-refractivity contribution in [2.45, 2.75) is 32.2 Å². The summed E-state index contributed by atoms with van der Waals surface area (Å²) < 4.78 is 10.7. The third-order valence-electron chi connectivity index (χ3n) is 3.63. The molecule has 1 aliphatic rings. The summed E-state index contributed by atoms with van der Waals surface area (Å²) in [5, 5.41) is 11.7. The maximum absolute atomic E-state index is 12.0. The summed E-state index contributed by atoms with van der Waals surface area (Å²) in [6.45, 7) is 1.71. The molecule has 7 heteroatoms. The van der Waals surface area contributed by atoms with Gasteiger partial charge in [-0.3, -0.25) is 4.79 Å². The van der Waals surface area contributed by atoms with E-state index in [1.165, 1.54) is 6.26 Å². The second-order valence-corrected chi connectivity index (χ2v) is 5.40. The van der Waals surface area contributed by atoms with E-state index in [1.807, 2.05) is 0 Å². The van der Waals surface area contributed by atoms with Gasteiger partial charge >= 0.3 is 5.97 Å². The summed E-state index contributed by atoms with van der Waals surface area (Å²) in [5.41, 5.74) is 0.476. The zero-order valence-corrected chi connectivity index (χ0v) is 12.0. The summed E-state index contributed by atoms with van der Waals surface area (Å²) in [7, 11) is 0. The van der Waals surface area contributed by atoms with Gasteiger partial charge in [0, 0.05) is 0 Å². The van der Waals surface area contributed by atoms with E-state index in [9.17, 15) is 9.59 Å². The molecular formula is C15H16N2O5. The van der Waals surface area contributed by atoms with Crippen molar-refractivity contribution >= 4 is 11.9 Å². The number of nitrogens with zero attached hydrogens (tertiary/aromatic N) is 1. The Balaban J connectivity index is 1.67. The number of rotatable bonds is 6. The molecule has 1 unspecified atom stereocenters. The van der Waals surface area contributed by atoms with Crippen LogP contribution < -0.4 is 5.32 Å². The van der Waals surface area contributed by atoms with Gasteiger partial charge < -0.3 is 19.3 Å². The number of carboxylic acid groups (broad SMARTS) is 1. The van der Waals surface area contributed by atoms with Gasteiger partial charge in [0.2, 0.25) is 5.91 Å². The van der Waals surface area contributed by atoms with Crippen LogP contribution in [0.15, 0.2) is 27.2 Å². The molecule has 0 aromatic carbocycles. The molecule has 0 spiro atoms. The van der Waals surface area contributed by atoms with Crippen LogP contribution in [0.4, 0.5) is 0 Å². The van der Waals surface area contributed by atoms with Crippen molar-refractivity contribution < 1.29 is 23.5 Å². The second-order valence-electron chi connectivity index (χ2n) is 5.40. The summed E-state index contributed by atoms with van der Waals surface area (Å²) >= 11 is 0. The quantitative estimate of drug-likeness (QED) is 0.842. The molecular weight excluding hydrogens is 288 g/mol. The van der Waals surface area contributed by atoms with Gasteiger partial charge in [-0.25, -0.2) is 9.78 Å². The number of aromatic nitrogens is 1. The Labute approximate surface area is 126 Å². The molecule has 1 amide bonds. The van der Waals surface area contributed by atoms with Crippen molar-refractivity contribution in [3.63, 3.8) is 0 Å². The second kappa shape index (κ2) is 5.67. The van der Waals surface area contributed by atoms with Gasteiger partial charge in [-0.1, -0.05) is 0 Å². The highest BCUT2D eigenvalue weighted by molar-refractivity contribution is 5.85. The Hall–Kier alpha value is -2.57. The van der Waals surface area contributed by atoms with Crippen molar-refractivity contribution in [2.24, 2.45) is 5.92 Å². The predicted molar refractivity (Wildman–Crippen MR) is 74.9 cm³/mol. The monoisotopic (exact) mass is 304 g/mol. The number of hydrogen-bond acceptors (Lipinski definition) is 5. The first-order valence-corrected chi connectivity index (χ1v) is 7.07. The van der Waals surface area contributed by atoms with Crippen LogP contribution in [-0.2, 0) is 16.0 Å². The molecule has 0 aliphatic heterocycles. The average molecular weight is 304 g/mol. The van der Waals surface area contributed by atoms with Crippen LogP contribution in [0.5, 0.6) is 0 Å². The molecule has 1 saturated carbocycles. The van der Waals surface area contributed by atoms with Gasteiger partial charge in [-0.2, -0.15) is 0 Å². The Morgan fingerprint density at radius 2 is 2.27 bits per heavy atom. The fraction of sp³-hybridized carbons (Fsp3) is 0.400. The number of nitrogens with one attached hydrogen (secondary N) is 1. The van der Waals surface area contributed by atoms with Crippen LogP contribution in [0.2, 0.25) is 0 Å². The lowest BCUT2D eigenvalue weighted by molar-refractivity contribution is -0.142. The standard InChI is InChI=1S/C15H16N2O5/c1-8-10(16-14(22-8)11-3-2-6-21-11)7-12(18)17-13(15(19)20)9-4-5-9/h2-3,6,9,13H,4-5,7H2,1H3,(H,17,18)(H,19,20). The lowest BCUT2D eigenvalue weighted by Gasteiger charge is -2.12. The lowest BCUT2D eigenvalue weighted by Crippen LogP contribution is -2.43. The molecule has 1 aliphatic carbocycles. The minimum Gasteiger partial charge on any atom is -0.480 e. The minimum absolute atomic E-state index is 0.0213. The maximum Gasteiger partial charge on any atom is 0.326 e. The van der Waals surface area contributed by atoms with E-state index in [0.29, 0.717) is 23.1 Å². The Morgan fingerprint density at radius 1 is 1.50 bits per heavy atom. The van der Waals surface area contributed by atoms with E-state index in [1.54, 1.807) is 19.1 Å². The van der Waals surface area contributed by atoms with Crippen molar-refractivity contribution in [1.82, 2.24) is 10.3 Å². The van der Waals surface area contributed by atoms with Gasteiger partial charge in [-0.05, 0) is 37.8 Å². The third-order valence-corrected chi connectivity index (χ3v) is 3.63. The molecule has 2 heterocycles. The molecule has 2 aromatic heterocycles. The third kappa shape index (κ3) is 3.03. The minimum atomic E-state index is -0.996. The van der Waals surface area contributed by atoms with Gasteiger partial charge in [0.25, 0.3) is 5.89 Å². The van der Waals surface area contributed by atoms with Gasteiger partial charge in [-0.15, -0.1) is 0 Å². The highest BCUT2D eigenvalue weighted by atomic mass is 16.4. The highest BCUT2D eigenvalue weighted by Crippen LogP contribution is 2.32. The first-order chi connectivity index (χ1) is 10.5. The molecule has 0 bridgehead atoms. The molecule has 22 heavy (non-hydrogen) atoms. The molecule has 116 valence electrons. The van der Waals surface area contributed by atoms with Crippen molar-refractivity contribution in [3.8, 4) is 11.7 Å². The number of amides is 1. The molecule has 7 nitrogen and oxygen atoms in total. The van der Waals surface area contributed by atoms with Crippen LogP contribution in [0.1, 0.15) is 24.3 Å². The largest absolute Gasteiger partial charge is 0.480 e. The Bertz CT molecular complexity index is 685. The topological polar surface area (TPSA) is 106 Å². The summed E-state index contributed by atoms with van der Waals surface area (Å²) in [6, 6.07) is 2.61. The van der Waals surface area contributed by atoms with E-state index in [4.69, 9.17) is 13.9 Å². The molecule has 2 N–H and O–H groups in total. The van der Waals surface area contributed by atoms with E-state index < -0.39 is 12.0 Å². The van der Waals surface area contributed by atoms with Crippen molar-refractivity contribution in [3.05, 3.63) is 29.9 Å². The smallest absolute Gasteiger partial charge is 0.326 e. The number of hydrogen-bond donors (Lipinski definition) is 2. The van der Waals surface area contributed by atoms with Gasteiger partial charge in [0.05, 0.1) is 18.4 Å². The van der Waals surface area contributed by atoms with Gasteiger partial charge in [0.15, 0.2) is 5.76 Å². The number of carbonyl (C=O) groups is 2. The molecule has 0 saturated heterocycles. The fourth-order valence-electron chi connectivity index (χ4n) is 2.29. The van der Waals surface area contributed by atoms with E-state index in [0.717, 1.165) is 12.8 Å². The molecule has 3 rings (SSSR count). The normalized spacial score (nSPS) is 15.5. The van der Waals surface area contributed by atoms with Crippen LogP contribution >= 0.6 is 0 Å². The highest BCUT2D eigenvalue weighted by Gasteiger charge is 2.37. The maximum atomic E-state index is 12.0.